The minimum absolute atomic E-state index is 0.0325. The Morgan fingerprint density at radius 1 is 1.64 bits per heavy atom. The number of carbonyl (C=O) groups is 1. The Morgan fingerprint density at radius 3 is 2.57 bits per heavy atom. The van der Waals surface area contributed by atoms with E-state index in [2.05, 4.69) is 0 Å². The van der Waals surface area contributed by atoms with Crippen LogP contribution < -0.4 is 0 Å². The zero-order valence-corrected chi connectivity index (χ0v) is 8.82. The third-order valence-electron chi connectivity index (χ3n) is 2.63. The maximum absolute atomic E-state index is 11.8. The van der Waals surface area contributed by atoms with Crippen LogP contribution in [0.4, 0.5) is 0 Å². The molecule has 4 nitrogen and oxygen atoms in total. The van der Waals surface area contributed by atoms with Crippen molar-refractivity contribution in [3.05, 3.63) is 0 Å². The lowest BCUT2D eigenvalue weighted by Crippen LogP contribution is -2.42. The maximum atomic E-state index is 11.8. The average Bonchev–Trinajstić information content (AvgIpc) is 2.44. The lowest BCUT2D eigenvalue weighted by atomic mass is 9.93. The van der Waals surface area contributed by atoms with Gasteiger partial charge in [-0.05, 0) is 27.2 Å². The van der Waals surface area contributed by atoms with Gasteiger partial charge in [-0.15, -0.1) is 0 Å². The van der Waals surface area contributed by atoms with E-state index in [0.717, 1.165) is 0 Å². The molecule has 4 heteroatoms. The molecule has 1 aliphatic heterocycles. The number of β-amino-alcohol motifs (C(OH)–C–C–N with tert-alkyl or cyclic N) is 1. The predicted octanol–water partition coefficient (Wildman–Crippen LogP) is 0.518. The number of amides is 1. The van der Waals surface area contributed by atoms with Crippen LogP contribution in [-0.4, -0.2) is 34.6 Å². The highest BCUT2D eigenvalue weighted by atomic mass is 16.3. The molecule has 0 radical (unpaired) electrons. The fourth-order valence-electron chi connectivity index (χ4n) is 1.69. The van der Waals surface area contributed by atoms with Crippen molar-refractivity contribution in [3.63, 3.8) is 0 Å². The summed E-state index contributed by atoms with van der Waals surface area (Å²) >= 11 is 0. The molecule has 2 unspecified atom stereocenters. The topological polar surface area (TPSA) is 64.3 Å². The fourth-order valence-corrected chi connectivity index (χ4v) is 1.69. The second kappa shape index (κ2) is 3.58. The van der Waals surface area contributed by atoms with E-state index < -0.39 is 11.5 Å². The van der Waals surface area contributed by atoms with E-state index in [1.807, 2.05) is 13.0 Å². The number of aliphatic hydroxyl groups excluding tert-OH is 1. The molecule has 14 heavy (non-hydrogen) atoms. The number of likely N-dealkylation sites (tertiary alicyclic amines) is 1. The van der Waals surface area contributed by atoms with Gasteiger partial charge in [-0.3, -0.25) is 4.79 Å². The van der Waals surface area contributed by atoms with Gasteiger partial charge in [-0.2, -0.15) is 5.26 Å². The first kappa shape index (κ1) is 11.0. The molecular formula is C10H16N2O2. The SMILES string of the molecule is CC1CC(O)CN1C(=O)C(C)(C)C#N. The summed E-state index contributed by atoms with van der Waals surface area (Å²) < 4.78 is 0. The molecule has 1 aliphatic rings. The van der Waals surface area contributed by atoms with Gasteiger partial charge in [0.25, 0.3) is 0 Å². The van der Waals surface area contributed by atoms with E-state index in [-0.39, 0.29) is 11.9 Å². The largest absolute Gasteiger partial charge is 0.391 e. The molecule has 0 saturated carbocycles. The summed E-state index contributed by atoms with van der Waals surface area (Å²) in [6.45, 7) is 5.45. The number of rotatable bonds is 1. The Morgan fingerprint density at radius 2 is 2.21 bits per heavy atom. The molecule has 1 saturated heterocycles. The normalized spacial score (nSPS) is 27.5. The van der Waals surface area contributed by atoms with Crippen LogP contribution in [0.25, 0.3) is 0 Å². The first-order chi connectivity index (χ1) is 6.38. The van der Waals surface area contributed by atoms with Crippen molar-refractivity contribution in [1.29, 1.82) is 5.26 Å². The van der Waals surface area contributed by atoms with Crippen LogP contribution in [0.3, 0.4) is 0 Å². The van der Waals surface area contributed by atoms with Crippen LogP contribution in [0.1, 0.15) is 27.2 Å². The summed E-state index contributed by atoms with van der Waals surface area (Å²) in [5.74, 6) is -0.191. The van der Waals surface area contributed by atoms with Gasteiger partial charge >= 0.3 is 0 Å². The standard InChI is InChI=1S/C10H16N2O2/c1-7-4-8(13)5-12(7)9(14)10(2,3)6-11/h7-8,13H,4-5H2,1-3H3. The zero-order valence-electron chi connectivity index (χ0n) is 8.82. The van der Waals surface area contributed by atoms with Crippen LogP contribution in [0, 0.1) is 16.7 Å². The molecule has 0 aromatic rings. The Labute approximate surface area is 84.1 Å². The second-order valence-corrected chi connectivity index (χ2v) is 4.43. The van der Waals surface area contributed by atoms with Gasteiger partial charge in [-0.1, -0.05) is 0 Å². The van der Waals surface area contributed by atoms with E-state index in [1.54, 1.807) is 18.7 Å². The first-order valence-electron chi connectivity index (χ1n) is 4.79. The van der Waals surface area contributed by atoms with Gasteiger partial charge in [0.05, 0.1) is 12.2 Å². The predicted molar refractivity (Wildman–Crippen MR) is 51.2 cm³/mol. The summed E-state index contributed by atoms with van der Waals surface area (Å²) in [6.07, 6.45) is 0.163. The third kappa shape index (κ3) is 1.88. The Kier molecular flexibility index (Phi) is 2.81. The van der Waals surface area contributed by atoms with E-state index in [0.29, 0.717) is 13.0 Å². The highest BCUT2D eigenvalue weighted by Crippen LogP contribution is 2.25. The third-order valence-corrected chi connectivity index (χ3v) is 2.63. The highest BCUT2D eigenvalue weighted by Gasteiger charge is 2.38. The molecule has 1 heterocycles. The van der Waals surface area contributed by atoms with Crippen molar-refractivity contribution in [2.75, 3.05) is 6.54 Å². The minimum atomic E-state index is -0.988. The van der Waals surface area contributed by atoms with Crippen molar-refractivity contribution in [3.8, 4) is 6.07 Å². The monoisotopic (exact) mass is 196 g/mol. The summed E-state index contributed by atoms with van der Waals surface area (Å²) in [4.78, 5) is 13.4. The van der Waals surface area contributed by atoms with Crippen LogP contribution in [-0.2, 0) is 4.79 Å². The molecule has 0 bridgehead atoms. The van der Waals surface area contributed by atoms with Gasteiger partial charge < -0.3 is 10.0 Å². The Hall–Kier alpha value is -1.08. The molecule has 1 amide bonds. The lowest BCUT2D eigenvalue weighted by Gasteiger charge is -2.27. The van der Waals surface area contributed by atoms with E-state index in [1.165, 1.54) is 0 Å². The molecule has 0 aliphatic carbocycles. The summed E-state index contributed by atoms with van der Waals surface area (Å²) in [5, 5.41) is 18.2. The zero-order chi connectivity index (χ0) is 10.9. The number of hydrogen-bond acceptors (Lipinski definition) is 3. The van der Waals surface area contributed by atoms with Crippen molar-refractivity contribution in [2.24, 2.45) is 5.41 Å². The number of carbonyl (C=O) groups excluding carboxylic acids is 1. The molecule has 0 aromatic carbocycles. The van der Waals surface area contributed by atoms with Gasteiger partial charge in [-0.25, -0.2) is 0 Å². The quantitative estimate of drug-likeness (QED) is 0.665. The van der Waals surface area contributed by atoms with E-state index >= 15 is 0 Å². The number of aliphatic hydroxyl groups is 1. The smallest absolute Gasteiger partial charge is 0.242 e. The van der Waals surface area contributed by atoms with Crippen molar-refractivity contribution in [2.45, 2.75) is 39.3 Å². The van der Waals surface area contributed by atoms with Gasteiger partial charge in [0, 0.05) is 12.6 Å². The van der Waals surface area contributed by atoms with Crippen LogP contribution >= 0.6 is 0 Å². The van der Waals surface area contributed by atoms with E-state index in [4.69, 9.17) is 5.26 Å². The van der Waals surface area contributed by atoms with Crippen molar-refractivity contribution < 1.29 is 9.90 Å². The molecule has 0 spiro atoms. The molecule has 1 N–H and O–H groups in total. The molecule has 0 aromatic heterocycles. The molecule has 1 fully saturated rings. The summed E-state index contributed by atoms with van der Waals surface area (Å²) in [7, 11) is 0. The number of hydrogen-bond donors (Lipinski definition) is 1. The number of nitriles is 1. The molecule has 2 atom stereocenters. The van der Waals surface area contributed by atoms with Crippen LogP contribution in [0.2, 0.25) is 0 Å². The summed E-state index contributed by atoms with van der Waals surface area (Å²) in [6, 6.07) is 2.01. The van der Waals surface area contributed by atoms with Gasteiger partial charge in [0.15, 0.2) is 0 Å². The Bertz CT molecular complexity index is 280. The summed E-state index contributed by atoms with van der Waals surface area (Å²) in [5.41, 5.74) is -0.988. The highest BCUT2D eigenvalue weighted by molar-refractivity contribution is 5.85. The molecule has 1 rings (SSSR count). The Balaban J connectivity index is 2.77. The fraction of sp³-hybridized carbons (Fsp3) is 0.800. The minimum Gasteiger partial charge on any atom is -0.391 e. The van der Waals surface area contributed by atoms with Crippen LogP contribution in [0.15, 0.2) is 0 Å². The average molecular weight is 196 g/mol. The van der Waals surface area contributed by atoms with Crippen molar-refractivity contribution >= 4 is 5.91 Å². The van der Waals surface area contributed by atoms with Gasteiger partial charge in [0.1, 0.15) is 5.41 Å². The van der Waals surface area contributed by atoms with Crippen LogP contribution in [0.5, 0.6) is 0 Å². The number of nitrogens with zero attached hydrogens (tertiary/aromatic N) is 2. The van der Waals surface area contributed by atoms with Crippen molar-refractivity contribution in [1.82, 2.24) is 4.90 Å². The molecule has 78 valence electrons. The second-order valence-electron chi connectivity index (χ2n) is 4.43. The first-order valence-corrected chi connectivity index (χ1v) is 4.79. The van der Waals surface area contributed by atoms with Gasteiger partial charge in [0.2, 0.25) is 5.91 Å². The molecular weight excluding hydrogens is 180 g/mol. The van der Waals surface area contributed by atoms with E-state index in [9.17, 15) is 9.90 Å². The lowest BCUT2D eigenvalue weighted by molar-refractivity contribution is -0.138. The maximum Gasteiger partial charge on any atom is 0.242 e.